The third-order valence-corrected chi connectivity index (χ3v) is 5.56. The standard InChI is InChI=1S/C23H21F3N6O.C2HF3O2/c24-23(25,26)14-30-22(33)16-3-1-15(2-4-16)19-11-17(5-6-29-19)20-12-18(13-27)21(31-20)32-9-7-28-8-10-32;3-2(4,5)1(6)7/h1-6,11-12,28,31H,7-10,14H2,(H,30,33);(H,6,7). The summed E-state index contributed by atoms with van der Waals surface area (Å²) in [4.78, 5) is 30.7. The van der Waals surface area contributed by atoms with Crippen molar-refractivity contribution in [2.24, 2.45) is 0 Å². The number of carbonyl (C=O) groups is 2. The van der Waals surface area contributed by atoms with Crippen molar-refractivity contribution < 1.29 is 41.0 Å². The monoisotopic (exact) mass is 568 g/mol. The fourth-order valence-corrected chi connectivity index (χ4v) is 3.65. The number of amides is 1. The third kappa shape index (κ3) is 8.21. The minimum Gasteiger partial charge on any atom is -0.475 e. The van der Waals surface area contributed by atoms with Crippen molar-refractivity contribution >= 4 is 17.7 Å². The number of halogens is 6. The van der Waals surface area contributed by atoms with Crippen molar-refractivity contribution in [2.45, 2.75) is 12.4 Å². The molecule has 0 aliphatic carbocycles. The molecule has 0 bridgehead atoms. The highest BCUT2D eigenvalue weighted by Gasteiger charge is 2.38. The minimum atomic E-state index is -5.08. The molecule has 1 fully saturated rings. The van der Waals surface area contributed by atoms with Gasteiger partial charge in [-0.1, -0.05) is 12.1 Å². The van der Waals surface area contributed by atoms with Gasteiger partial charge in [-0.3, -0.25) is 9.78 Å². The molecule has 0 spiro atoms. The summed E-state index contributed by atoms with van der Waals surface area (Å²) in [6, 6.07) is 13.9. The number of H-pyrrole nitrogens is 1. The number of hydrogen-bond donors (Lipinski definition) is 4. The number of pyridine rings is 1. The summed E-state index contributed by atoms with van der Waals surface area (Å²) < 4.78 is 68.6. The number of aromatic nitrogens is 2. The van der Waals surface area contributed by atoms with Gasteiger partial charge in [0.05, 0.1) is 11.3 Å². The summed E-state index contributed by atoms with van der Waals surface area (Å²) in [6.07, 6.45) is -7.90. The zero-order valence-electron chi connectivity index (χ0n) is 20.5. The van der Waals surface area contributed by atoms with Crippen molar-refractivity contribution in [1.29, 1.82) is 5.26 Å². The van der Waals surface area contributed by atoms with Crippen LogP contribution in [0.1, 0.15) is 15.9 Å². The maximum absolute atomic E-state index is 12.3. The van der Waals surface area contributed by atoms with Gasteiger partial charge in [-0.2, -0.15) is 31.6 Å². The highest BCUT2D eigenvalue weighted by atomic mass is 19.4. The summed E-state index contributed by atoms with van der Waals surface area (Å²) in [5.74, 6) is -2.76. The van der Waals surface area contributed by atoms with Gasteiger partial charge >= 0.3 is 18.3 Å². The summed E-state index contributed by atoms with van der Waals surface area (Å²) >= 11 is 0. The largest absolute Gasteiger partial charge is 0.490 e. The molecule has 0 radical (unpaired) electrons. The Bertz CT molecular complexity index is 1370. The molecule has 40 heavy (non-hydrogen) atoms. The summed E-state index contributed by atoms with van der Waals surface area (Å²) in [6.45, 7) is 1.93. The number of aromatic amines is 1. The summed E-state index contributed by atoms with van der Waals surface area (Å²) in [5.41, 5.74) is 3.66. The van der Waals surface area contributed by atoms with E-state index in [1.807, 2.05) is 23.5 Å². The average Bonchev–Trinajstić information content (AvgIpc) is 3.36. The number of anilines is 1. The van der Waals surface area contributed by atoms with Crippen LogP contribution in [0.15, 0.2) is 48.7 Å². The number of hydrogen-bond acceptors (Lipinski definition) is 6. The van der Waals surface area contributed by atoms with Crippen molar-refractivity contribution in [1.82, 2.24) is 20.6 Å². The molecule has 2 aromatic heterocycles. The molecule has 3 aromatic rings. The lowest BCUT2D eigenvalue weighted by atomic mass is 10.1. The number of carbonyl (C=O) groups excluding carboxylic acids is 1. The fraction of sp³-hybridized carbons (Fsp3) is 0.280. The molecule has 212 valence electrons. The number of aliphatic carboxylic acids is 1. The molecule has 1 aromatic carbocycles. The fourth-order valence-electron chi connectivity index (χ4n) is 3.65. The van der Waals surface area contributed by atoms with Gasteiger partial charge in [0.2, 0.25) is 0 Å². The van der Waals surface area contributed by atoms with E-state index >= 15 is 0 Å². The van der Waals surface area contributed by atoms with Gasteiger partial charge in [-0.05, 0) is 30.3 Å². The van der Waals surface area contributed by atoms with Gasteiger partial charge in [0, 0.05) is 54.8 Å². The Hall–Kier alpha value is -4.58. The number of nitrogens with zero attached hydrogens (tertiary/aromatic N) is 3. The van der Waals surface area contributed by atoms with Crippen LogP contribution in [0.25, 0.3) is 22.5 Å². The number of alkyl halides is 6. The van der Waals surface area contributed by atoms with Gasteiger partial charge in [-0.25, -0.2) is 4.79 Å². The molecule has 0 atom stereocenters. The van der Waals surface area contributed by atoms with Crippen LogP contribution >= 0.6 is 0 Å². The second kappa shape index (κ2) is 12.5. The number of benzene rings is 1. The number of rotatable bonds is 5. The number of carboxylic acid groups (broad SMARTS) is 1. The second-order valence-electron chi connectivity index (χ2n) is 8.40. The zero-order valence-corrected chi connectivity index (χ0v) is 20.5. The summed E-state index contributed by atoms with van der Waals surface area (Å²) in [5, 5.41) is 21.8. The molecule has 4 N–H and O–H groups in total. The topological polar surface area (TPSA) is 134 Å². The molecule has 1 saturated heterocycles. The maximum atomic E-state index is 12.3. The van der Waals surface area contributed by atoms with Gasteiger partial charge < -0.3 is 25.6 Å². The molecule has 3 heterocycles. The Balaban J connectivity index is 0.000000559. The number of piperazine rings is 1. The van der Waals surface area contributed by atoms with E-state index in [0.29, 0.717) is 16.8 Å². The normalized spacial score (nSPS) is 13.6. The molecule has 4 rings (SSSR count). The molecule has 0 unspecified atom stereocenters. The van der Waals surface area contributed by atoms with Crippen LogP contribution in [-0.2, 0) is 4.79 Å². The van der Waals surface area contributed by atoms with Crippen LogP contribution in [0.5, 0.6) is 0 Å². The van der Waals surface area contributed by atoms with Crippen LogP contribution in [0.2, 0.25) is 0 Å². The van der Waals surface area contributed by atoms with Crippen molar-refractivity contribution in [3.05, 3.63) is 59.8 Å². The number of carboxylic acids is 1. The third-order valence-electron chi connectivity index (χ3n) is 5.56. The first kappa shape index (κ1) is 30.0. The molecule has 1 aliphatic heterocycles. The molecule has 0 saturated carbocycles. The second-order valence-corrected chi connectivity index (χ2v) is 8.40. The van der Waals surface area contributed by atoms with Crippen molar-refractivity contribution in [3.63, 3.8) is 0 Å². The number of nitriles is 1. The average molecular weight is 568 g/mol. The highest BCUT2D eigenvalue weighted by Crippen LogP contribution is 2.29. The minimum absolute atomic E-state index is 0.128. The van der Waals surface area contributed by atoms with E-state index in [2.05, 4.69) is 26.3 Å². The smallest absolute Gasteiger partial charge is 0.475 e. The first-order valence-corrected chi connectivity index (χ1v) is 11.6. The van der Waals surface area contributed by atoms with E-state index in [-0.39, 0.29) is 5.56 Å². The quantitative estimate of drug-likeness (QED) is 0.343. The van der Waals surface area contributed by atoms with Crippen LogP contribution in [0.4, 0.5) is 32.2 Å². The molecular formula is C25H22F6N6O3. The predicted octanol–water partition coefficient (Wildman–Crippen LogP) is 3.95. The molecule has 1 amide bonds. The first-order valence-electron chi connectivity index (χ1n) is 11.6. The highest BCUT2D eigenvalue weighted by molar-refractivity contribution is 5.94. The van der Waals surface area contributed by atoms with E-state index in [1.165, 1.54) is 12.1 Å². The Labute approximate surface area is 223 Å². The molecule has 15 heteroatoms. The molecule has 9 nitrogen and oxygen atoms in total. The summed E-state index contributed by atoms with van der Waals surface area (Å²) in [7, 11) is 0. The Morgan fingerprint density at radius 3 is 2.20 bits per heavy atom. The Morgan fingerprint density at radius 2 is 1.65 bits per heavy atom. The van der Waals surface area contributed by atoms with Gasteiger partial charge in [0.25, 0.3) is 5.91 Å². The Morgan fingerprint density at radius 1 is 1.02 bits per heavy atom. The van der Waals surface area contributed by atoms with E-state index in [1.54, 1.807) is 18.3 Å². The first-order chi connectivity index (χ1) is 18.8. The lowest BCUT2D eigenvalue weighted by Gasteiger charge is -2.28. The van der Waals surface area contributed by atoms with Gasteiger partial charge in [0.15, 0.2) is 0 Å². The van der Waals surface area contributed by atoms with Gasteiger partial charge in [-0.15, -0.1) is 0 Å². The van der Waals surface area contributed by atoms with E-state index in [0.717, 1.165) is 43.3 Å². The van der Waals surface area contributed by atoms with Gasteiger partial charge in [0.1, 0.15) is 18.4 Å². The maximum Gasteiger partial charge on any atom is 0.490 e. The lowest BCUT2D eigenvalue weighted by Crippen LogP contribution is -2.44. The SMILES string of the molecule is N#Cc1cc(-c2ccnc(-c3ccc(C(=O)NCC(F)(F)F)cc3)c2)[nH]c1N1CCNCC1.O=C(O)C(F)(F)F. The molecular weight excluding hydrogens is 546 g/mol. The number of nitrogens with one attached hydrogen (secondary N) is 3. The van der Waals surface area contributed by atoms with Crippen LogP contribution < -0.4 is 15.5 Å². The van der Waals surface area contributed by atoms with Crippen LogP contribution in [-0.4, -0.2) is 72.0 Å². The van der Waals surface area contributed by atoms with Crippen LogP contribution in [0.3, 0.4) is 0 Å². The van der Waals surface area contributed by atoms with E-state index in [9.17, 15) is 36.4 Å². The molecule has 1 aliphatic rings. The van der Waals surface area contributed by atoms with Crippen molar-refractivity contribution in [2.75, 3.05) is 37.6 Å². The lowest BCUT2D eigenvalue weighted by molar-refractivity contribution is -0.192. The van der Waals surface area contributed by atoms with E-state index in [4.69, 9.17) is 9.90 Å². The predicted molar refractivity (Wildman–Crippen MR) is 131 cm³/mol. The zero-order chi connectivity index (χ0) is 29.5. The van der Waals surface area contributed by atoms with Crippen molar-refractivity contribution in [3.8, 4) is 28.6 Å². The van der Waals surface area contributed by atoms with Crippen LogP contribution in [0, 0.1) is 11.3 Å². The van der Waals surface area contributed by atoms with E-state index < -0.39 is 30.8 Å². The Kier molecular flexibility index (Phi) is 9.38.